The highest BCUT2D eigenvalue weighted by Gasteiger charge is 2.33. The quantitative estimate of drug-likeness (QED) is 0.693. The van der Waals surface area contributed by atoms with E-state index in [0.717, 1.165) is 15.6 Å². The molecule has 0 saturated carbocycles. The zero-order chi connectivity index (χ0) is 17.4. The minimum atomic E-state index is -0.563. The van der Waals surface area contributed by atoms with Crippen molar-refractivity contribution in [2.75, 3.05) is 0 Å². The Balaban J connectivity index is 1.86. The minimum Gasteiger partial charge on any atom is -0.470 e. The standard InChI is InChI=1S/C19H15BrN2O3/c20-13-8-6-11(7-9-13)14-10-15(12-4-2-1-3-5-12)25-18-16(14)17(23)21-19(24)22-18/h1-9,14-15H,10H2,(H2,21,22,23,24). The van der Waals surface area contributed by atoms with Crippen LogP contribution in [0.4, 0.5) is 0 Å². The Morgan fingerprint density at radius 3 is 2.36 bits per heavy atom. The fourth-order valence-corrected chi connectivity index (χ4v) is 3.54. The lowest BCUT2D eigenvalue weighted by Crippen LogP contribution is -2.33. The van der Waals surface area contributed by atoms with Gasteiger partial charge in [-0.2, -0.15) is 0 Å². The molecule has 0 radical (unpaired) electrons. The Morgan fingerprint density at radius 1 is 0.920 bits per heavy atom. The maximum Gasteiger partial charge on any atom is 0.328 e. The summed E-state index contributed by atoms with van der Waals surface area (Å²) in [4.78, 5) is 29.1. The van der Waals surface area contributed by atoms with E-state index < -0.39 is 11.2 Å². The molecule has 5 nitrogen and oxygen atoms in total. The monoisotopic (exact) mass is 398 g/mol. The fourth-order valence-electron chi connectivity index (χ4n) is 3.28. The number of ether oxygens (including phenoxy) is 1. The lowest BCUT2D eigenvalue weighted by Gasteiger charge is -2.31. The van der Waals surface area contributed by atoms with E-state index in [0.29, 0.717) is 12.0 Å². The molecular weight excluding hydrogens is 384 g/mol. The molecule has 0 amide bonds. The molecule has 2 N–H and O–H groups in total. The van der Waals surface area contributed by atoms with Crippen molar-refractivity contribution < 1.29 is 4.74 Å². The minimum absolute atomic E-state index is 0.164. The summed E-state index contributed by atoms with van der Waals surface area (Å²) >= 11 is 3.43. The van der Waals surface area contributed by atoms with Crippen LogP contribution in [0.25, 0.3) is 0 Å². The van der Waals surface area contributed by atoms with Crippen LogP contribution in [0.2, 0.25) is 0 Å². The van der Waals surface area contributed by atoms with Gasteiger partial charge >= 0.3 is 5.69 Å². The van der Waals surface area contributed by atoms with Gasteiger partial charge in [0.2, 0.25) is 5.88 Å². The molecule has 0 aliphatic carbocycles. The molecule has 2 atom stereocenters. The second-order valence-corrected chi connectivity index (χ2v) is 6.92. The van der Waals surface area contributed by atoms with Gasteiger partial charge in [-0.25, -0.2) is 4.79 Å². The first-order chi connectivity index (χ1) is 12.1. The second-order valence-electron chi connectivity index (χ2n) is 6.01. The van der Waals surface area contributed by atoms with Crippen molar-refractivity contribution in [3.63, 3.8) is 0 Å². The Morgan fingerprint density at radius 2 is 1.64 bits per heavy atom. The van der Waals surface area contributed by atoms with Crippen molar-refractivity contribution in [1.29, 1.82) is 0 Å². The number of benzene rings is 2. The number of H-pyrrole nitrogens is 2. The van der Waals surface area contributed by atoms with Crippen molar-refractivity contribution in [1.82, 2.24) is 9.97 Å². The molecule has 2 aromatic carbocycles. The van der Waals surface area contributed by atoms with E-state index in [-0.39, 0.29) is 17.9 Å². The van der Waals surface area contributed by atoms with Crippen LogP contribution in [-0.2, 0) is 0 Å². The molecule has 0 spiro atoms. The van der Waals surface area contributed by atoms with E-state index in [9.17, 15) is 9.59 Å². The van der Waals surface area contributed by atoms with Gasteiger partial charge in [-0.15, -0.1) is 0 Å². The first-order valence-electron chi connectivity index (χ1n) is 7.95. The summed E-state index contributed by atoms with van der Waals surface area (Å²) in [6, 6.07) is 17.7. The van der Waals surface area contributed by atoms with Crippen molar-refractivity contribution in [3.8, 4) is 5.88 Å². The highest BCUT2D eigenvalue weighted by molar-refractivity contribution is 9.10. The number of aromatic nitrogens is 2. The third kappa shape index (κ3) is 3.05. The van der Waals surface area contributed by atoms with E-state index in [4.69, 9.17) is 4.74 Å². The fraction of sp³-hybridized carbons (Fsp3) is 0.158. The van der Waals surface area contributed by atoms with Crippen LogP contribution >= 0.6 is 15.9 Å². The maximum atomic E-state index is 12.4. The zero-order valence-electron chi connectivity index (χ0n) is 13.2. The molecule has 1 aromatic heterocycles. The molecule has 0 fully saturated rings. The largest absolute Gasteiger partial charge is 0.470 e. The average Bonchev–Trinajstić information content (AvgIpc) is 2.62. The van der Waals surface area contributed by atoms with Crippen molar-refractivity contribution in [2.24, 2.45) is 0 Å². The molecule has 1 aliphatic heterocycles. The summed E-state index contributed by atoms with van der Waals surface area (Å²) in [6.45, 7) is 0. The van der Waals surface area contributed by atoms with Crippen LogP contribution in [-0.4, -0.2) is 9.97 Å². The number of hydrogen-bond donors (Lipinski definition) is 2. The van der Waals surface area contributed by atoms with Gasteiger partial charge in [0.15, 0.2) is 0 Å². The molecule has 0 saturated heterocycles. The third-order valence-corrected chi connectivity index (χ3v) is 4.97. The number of halogens is 1. The van der Waals surface area contributed by atoms with E-state index in [1.54, 1.807) is 0 Å². The summed E-state index contributed by atoms with van der Waals surface area (Å²) in [7, 11) is 0. The predicted molar refractivity (Wildman–Crippen MR) is 98.1 cm³/mol. The normalized spacial score (nSPS) is 19.1. The van der Waals surface area contributed by atoms with Crippen molar-refractivity contribution >= 4 is 15.9 Å². The lowest BCUT2D eigenvalue weighted by molar-refractivity contribution is 0.157. The van der Waals surface area contributed by atoms with E-state index >= 15 is 0 Å². The van der Waals surface area contributed by atoms with Crippen LogP contribution in [0.15, 0.2) is 68.7 Å². The SMILES string of the molecule is O=c1[nH]c2c(c(=O)[nH]1)C(c1ccc(Br)cc1)CC(c1ccccc1)O2. The van der Waals surface area contributed by atoms with Crippen LogP contribution in [0.1, 0.15) is 35.1 Å². The number of rotatable bonds is 2. The number of fused-ring (bicyclic) bond motifs is 1. The summed E-state index contributed by atoms with van der Waals surface area (Å²) in [5.74, 6) is 0.0874. The zero-order valence-corrected chi connectivity index (χ0v) is 14.7. The molecule has 0 bridgehead atoms. The summed E-state index contributed by atoms with van der Waals surface area (Å²) in [6.07, 6.45) is 0.383. The highest BCUT2D eigenvalue weighted by atomic mass is 79.9. The first kappa shape index (κ1) is 15.9. The van der Waals surface area contributed by atoms with Gasteiger partial charge in [0.05, 0.1) is 5.56 Å². The molecule has 25 heavy (non-hydrogen) atoms. The van der Waals surface area contributed by atoms with Gasteiger partial charge < -0.3 is 4.74 Å². The van der Waals surface area contributed by atoms with Crippen molar-refractivity contribution in [2.45, 2.75) is 18.4 Å². The highest BCUT2D eigenvalue weighted by Crippen LogP contribution is 2.42. The summed E-state index contributed by atoms with van der Waals surface area (Å²) in [5, 5.41) is 0. The molecule has 2 heterocycles. The molecule has 6 heteroatoms. The Hall–Kier alpha value is -2.60. The molecule has 126 valence electrons. The van der Waals surface area contributed by atoms with Gasteiger partial charge in [0.1, 0.15) is 6.10 Å². The van der Waals surface area contributed by atoms with Gasteiger partial charge in [0, 0.05) is 10.4 Å². The van der Waals surface area contributed by atoms with Crippen LogP contribution in [0.5, 0.6) is 5.88 Å². The third-order valence-electron chi connectivity index (χ3n) is 4.45. The lowest BCUT2D eigenvalue weighted by atomic mass is 9.84. The van der Waals surface area contributed by atoms with Crippen LogP contribution in [0, 0.1) is 0 Å². The molecule has 2 unspecified atom stereocenters. The Labute approximate surface area is 151 Å². The second kappa shape index (κ2) is 6.37. The van der Waals surface area contributed by atoms with Gasteiger partial charge in [-0.3, -0.25) is 14.8 Å². The van der Waals surface area contributed by atoms with Crippen LogP contribution < -0.4 is 16.0 Å². The van der Waals surface area contributed by atoms with E-state index in [1.165, 1.54) is 0 Å². The van der Waals surface area contributed by atoms with Gasteiger partial charge in [-0.1, -0.05) is 58.4 Å². The molecule has 3 aromatic rings. The topological polar surface area (TPSA) is 75.0 Å². The molecular formula is C19H15BrN2O3. The van der Waals surface area contributed by atoms with E-state index in [1.807, 2.05) is 54.6 Å². The van der Waals surface area contributed by atoms with Crippen LogP contribution in [0.3, 0.4) is 0 Å². The summed E-state index contributed by atoms with van der Waals surface area (Å²) in [5.41, 5.74) is 1.52. The Bertz CT molecular complexity index is 1010. The van der Waals surface area contributed by atoms with Gasteiger partial charge in [-0.05, 0) is 29.7 Å². The summed E-state index contributed by atoms with van der Waals surface area (Å²) < 4.78 is 6.94. The molecule has 4 rings (SSSR count). The van der Waals surface area contributed by atoms with E-state index in [2.05, 4.69) is 25.9 Å². The van der Waals surface area contributed by atoms with Crippen molar-refractivity contribution in [3.05, 3.63) is 96.6 Å². The first-order valence-corrected chi connectivity index (χ1v) is 8.74. The molecule has 1 aliphatic rings. The smallest absolute Gasteiger partial charge is 0.328 e. The van der Waals surface area contributed by atoms with Gasteiger partial charge in [0.25, 0.3) is 5.56 Å². The predicted octanol–water partition coefficient (Wildman–Crippen LogP) is 3.48. The Kier molecular flexibility index (Phi) is 4.05. The number of aromatic amines is 2. The maximum absolute atomic E-state index is 12.4. The number of hydrogen-bond acceptors (Lipinski definition) is 3. The average molecular weight is 399 g/mol. The number of nitrogens with one attached hydrogen (secondary N) is 2.